The summed E-state index contributed by atoms with van der Waals surface area (Å²) < 4.78 is 11.2. The van der Waals surface area contributed by atoms with Crippen molar-refractivity contribution in [3.63, 3.8) is 0 Å². The Morgan fingerprint density at radius 3 is 2.50 bits per heavy atom. The molecule has 0 unspecified atom stereocenters. The first-order valence-electron chi connectivity index (χ1n) is 9.37. The first-order chi connectivity index (χ1) is 13.5. The third kappa shape index (κ3) is 4.76. The van der Waals surface area contributed by atoms with Crippen LogP contribution in [0.2, 0.25) is 0 Å². The molecule has 6 heteroatoms. The van der Waals surface area contributed by atoms with Gasteiger partial charge in [-0.15, -0.1) is 0 Å². The van der Waals surface area contributed by atoms with E-state index in [-0.39, 0.29) is 12.5 Å². The third-order valence-electron chi connectivity index (χ3n) is 4.45. The van der Waals surface area contributed by atoms with Crippen LogP contribution in [0.1, 0.15) is 35.9 Å². The molecule has 3 aromatic rings. The lowest BCUT2D eigenvalue weighted by atomic mass is 10.1. The molecule has 146 valence electrons. The summed E-state index contributed by atoms with van der Waals surface area (Å²) in [5, 5.41) is 6.79. The van der Waals surface area contributed by atoms with Crippen molar-refractivity contribution < 1.29 is 14.1 Å². The Kier molecular flexibility index (Phi) is 6.09. The van der Waals surface area contributed by atoms with Crippen molar-refractivity contribution in [2.45, 2.75) is 46.8 Å². The smallest absolute Gasteiger partial charge is 0.261 e. The van der Waals surface area contributed by atoms with E-state index in [1.54, 1.807) is 0 Å². The molecule has 0 aliphatic heterocycles. The van der Waals surface area contributed by atoms with Crippen LogP contribution in [0.15, 0.2) is 47.0 Å². The van der Waals surface area contributed by atoms with E-state index in [0.717, 1.165) is 22.3 Å². The van der Waals surface area contributed by atoms with Gasteiger partial charge in [0.25, 0.3) is 5.91 Å². The second-order valence-corrected chi connectivity index (χ2v) is 6.88. The standard InChI is InChI=1S/C22H25N3O3/c1-5-18(27-19-11-8-15(3)12-16(19)4)22(26)23-13-20-24-21(25-28-20)17-9-6-14(2)7-10-17/h6-12,18H,5,13H2,1-4H3,(H,23,26)/t18-/m0/s1. The lowest BCUT2D eigenvalue weighted by molar-refractivity contribution is -0.128. The van der Waals surface area contributed by atoms with Crippen molar-refractivity contribution in [3.05, 3.63) is 65.0 Å². The second kappa shape index (κ2) is 8.69. The van der Waals surface area contributed by atoms with E-state index in [0.29, 0.717) is 23.9 Å². The lowest BCUT2D eigenvalue weighted by Gasteiger charge is -2.18. The number of benzene rings is 2. The molecule has 0 spiro atoms. The molecule has 0 saturated heterocycles. The van der Waals surface area contributed by atoms with E-state index in [4.69, 9.17) is 9.26 Å². The fraction of sp³-hybridized carbons (Fsp3) is 0.318. The monoisotopic (exact) mass is 379 g/mol. The summed E-state index contributed by atoms with van der Waals surface area (Å²) >= 11 is 0. The highest BCUT2D eigenvalue weighted by molar-refractivity contribution is 5.81. The molecule has 1 atom stereocenters. The molecule has 28 heavy (non-hydrogen) atoms. The van der Waals surface area contributed by atoms with Crippen molar-refractivity contribution in [2.24, 2.45) is 0 Å². The molecular formula is C22H25N3O3. The highest BCUT2D eigenvalue weighted by atomic mass is 16.5. The van der Waals surface area contributed by atoms with Gasteiger partial charge in [-0.05, 0) is 38.8 Å². The summed E-state index contributed by atoms with van der Waals surface area (Å²) in [5.74, 6) is 1.36. The number of amides is 1. The zero-order chi connectivity index (χ0) is 20.1. The van der Waals surface area contributed by atoms with Crippen molar-refractivity contribution in [2.75, 3.05) is 0 Å². The minimum Gasteiger partial charge on any atom is -0.480 e. The maximum Gasteiger partial charge on any atom is 0.261 e. The zero-order valence-corrected chi connectivity index (χ0v) is 16.7. The molecule has 0 radical (unpaired) electrons. The van der Waals surface area contributed by atoms with Gasteiger partial charge in [-0.3, -0.25) is 4.79 Å². The van der Waals surface area contributed by atoms with Crippen molar-refractivity contribution in [3.8, 4) is 17.1 Å². The van der Waals surface area contributed by atoms with Crippen LogP contribution in [-0.2, 0) is 11.3 Å². The van der Waals surface area contributed by atoms with E-state index in [1.807, 2.05) is 70.2 Å². The fourth-order valence-electron chi connectivity index (χ4n) is 2.83. The van der Waals surface area contributed by atoms with Crippen LogP contribution >= 0.6 is 0 Å². The molecule has 0 aliphatic carbocycles. The van der Waals surface area contributed by atoms with Gasteiger partial charge in [0.15, 0.2) is 6.10 Å². The van der Waals surface area contributed by atoms with Gasteiger partial charge in [-0.1, -0.05) is 59.6 Å². The minimum absolute atomic E-state index is 0.157. The normalized spacial score (nSPS) is 11.9. The molecule has 0 bridgehead atoms. The molecule has 1 aromatic heterocycles. The molecule has 1 N–H and O–H groups in total. The average molecular weight is 379 g/mol. The average Bonchev–Trinajstić information content (AvgIpc) is 3.15. The van der Waals surface area contributed by atoms with E-state index < -0.39 is 6.10 Å². The maximum absolute atomic E-state index is 12.5. The van der Waals surface area contributed by atoms with E-state index in [2.05, 4.69) is 15.5 Å². The second-order valence-electron chi connectivity index (χ2n) is 6.88. The zero-order valence-electron chi connectivity index (χ0n) is 16.7. The highest BCUT2D eigenvalue weighted by Gasteiger charge is 2.20. The van der Waals surface area contributed by atoms with Crippen LogP contribution in [0.25, 0.3) is 11.4 Å². The third-order valence-corrected chi connectivity index (χ3v) is 4.45. The van der Waals surface area contributed by atoms with Gasteiger partial charge in [0.2, 0.25) is 11.7 Å². The van der Waals surface area contributed by atoms with E-state index in [1.165, 1.54) is 0 Å². The summed E-state index contributed by atoms with van der Waals surface area (Å²) in [6.45, 7) is 8.08. The van der Waals surface area contributed by atoms with Crippen molar-refractivity contribution >= 4 is 5.91 Å². The molecule has 0 saturated carbocycles. The lowest BCUT2D eigenvalue weighted by Crippen LogP contribution is -2.37. The van der Waals surface area contributed by atoms with Gasteiger partial charge in [-0.25, -0.2) is 0 Å². The largest absolute Gasteiger partial charge is 0.480 e. The number of carbonyl (C=O) groups is 1. The first-order valence-corrected chi connectivity index (χ1v) is 9.37. The Morgan fingerprint density at radius 1 is 1.11 bits per heavy atom. The molecule has 1 amide bonds. The van der Waals surface area contributed by atoms with Crippen LogP contribution in [-0.4, -0.2) is 22.2 Å². The Bertz CT molecular complexity index is 948. The maximum atomic E-state index is 12.5. The molecule has 1 heterocycles. The van der Waals surface area contributed by atoms with Gasteiger partial charge in [-0.2, -0.15) is 4.98 Å². The molecule has 0 fully saturated rings. The van der Waals surface area contributed by atoms with Crippen LogP contribution in [0.5, 0.6) is 5.75 Å². The molecule has 0 aliphatic rings. The Morgan fingerprint density at radius 2 is 1.82 bits per heavy atom. The van der Waals surface area contributed by atoms with Gasteiger partial charge >= 0.3 is 0 Å². The number of rotatable bonds is 7. The van der Waals surface area contributed by atoms with Crippen LogP contribution in [0.4, 0.5) is 0 Å². The van der Waals surface area contributed by atoms with Crippen molar-refractivity contribution in [1.82, 2.24) is 15.5 Å². The Hall–Kier alpha value is -3.15. The van der Waals surface area contributed by atoms with E-state index in [9.17, 15) is 4.79 Å². The quantitative estimate of drug-likeness (QED) is 0.668. The summed E-state index contributed by atoms with van der Waals surface area (Å²) in [4.78, 5) is 16.9. The number of nitrogens with one attached hydrogen (secondary N) is 1. The highest BCUT2D eigenvalue weighted by Crippen LogP contribution is 2.21. The summed E-state index contributed by atoms with van der Waals surface area (Å²) in [6, 6.07) is 13.8. The van der Waals surface area contributed by atoms with Crippen LogP contribution in [0.3, 0.4) is 0 Å². The topological polar surface area (TPSA) is 77.2 Å². The number of nitrogens with zero attached hydrogens (tertiary/aromatic N) is 2. The number of hydrogen-bond donors (Lipinski definition) is 1. The summed E-state index contributed by atoms with van der Waals surface area (Å²) in [7, 11) is 0. The van der Waals surface area contributed by atoms with Gasteiger partial charge in [0.05, 0.1) is 6.54 Å². The molecule has 3 rings (SSSR count). The minimum atomic E-state index is -0.583. The van der Waals surface area contributed by atoms with Gasteiger partial charge in [0, 0.05) is 5.56 Å². The number of ether oxygens (including phenoxy) is 1. The Labute approximate surface area is 164 Å². The fourth-order valence-corrected chi connectivity index (χ4v) is 2.83. The van der Waals surface area contributed by atoms with Crippen LogP contribution in [0, 0.1) is 20.8 Å². The predicted octanol–water partition coefficient (Wildman–Crippen LogP) is 4.14. The molecule has 2 aromatic carbocycles. The summed E-state index contributed by atoms with van der Waals surface area (Å²) in [5.41, 5.74) is 4.19. The summed E-state index contributed by atoms with van der Waals surface area (Å²) in [6.07, 6.45) is -0.0293. The van der Waals surface area contributed by atoms with Gasteiger partial charge in [0.1, 0.15) is 5.75 Å². The van der Waals surface area contributed by atoms with Gasteiger partial charge < -0.3 is 14.6 Å². The number of carbonyl (C=O) groups excluding carboxylic acids is 1. The van der Waals surface area contributed by atoms with Crippen molar-refractivity contribution in [1.29, 1.82) is 0 Å². The Balaban J connectivity index is 1.60. The molecule has 6 nitrogen and oxygen atoms in total. The van der Waals surface area contributed by atoms with Crippen LogP contribution < -0.4 is 10.1 Å². The number of aromatic nitrogens is 2. The molecular weight excluding hydrogens is 354 g/mol. The van der Waals surface area contributed by atoms with E-state index >= 15 is 0 Å². The number of aryl methyl sites for hydroxylation is 3. The SMILES string of the molecule is CC[C@H](Oc1ccc(C)cc1C)C(=O)NCc1nc(-c2ccc(C)cc2)no1. The predicted molar refractivity (Wildman–Crippen MR) is 107 cm³/mol. The first kappa shape index (κ1) is 19.6. The number of hydrogen-bond acceptors (Lipinski definition) is 5.